The summed E-state index contributed by atoms with van der Waals surface area (Å²) in [5, 5.41) is 3.06. The maximum Gasteiger partial charge on any atom is 0.240 e. The summed E-state index contributed by atoms with van der Waals surface area (Å²) in [4.78, 5) is 13.4. The highest BCUT2D eigenvalue weighted by Gasteiger charge is 2.59. The number of carbonyl (C=O) groups is 1. The van der Waals surface area contributed by atoms with Crippen LogP contribution in [-0.2, 0) is 14.8 Å². The number of hydrogen-bond donors (Lipinski definition) is 2. The summed E-state index contributed by atoms with van der Waals surface area (Å²) >= 11 is 3.94. The van der Waals surface area contributed by atoms with Crippen molar-refractivity contribution in [2.45, 2.75) is 67.6 Å². The van der Waals surface area contributed by atoms with E-state index in [0.717, 1.165) is 19.3 Å². The van der Waals surface area contributed by atoms with E-state index in [0.29, 0.717) is 17.5 Å². The van der Waals surface area contributed by atoms with Crippen LogP contribution in [0.25, 0.3) is 0 Å². The molecule has 0 heterocycles. The van der Waals surface area contributed by atoms with Crippen LogP contribution in [0, 0.1) is 17.3 Å². The van der Waals surface area contributed by atoms with Gasteiger partial charge in [-0.25, -0.2) is 13.1 Å². The van der Waals surface area contributed by atoms with Gasteiger partial charge in [0.05, 0.1) is 10.3 Å². The first-order chi connectivity index (χ1) is 12.6. The highest BCUT2D eigenvalue weighted by atomic mass is 79.9. The van der Waals surface area contributed by atoms with Crippen LogP contribution in [-0.4, -0.2) is 24.7 Å². The van der Waals surface area contributed by atoms with Crippen LogP contribution < -0.4 is 10.0 Å². The zero-order valence-corrected chi connectivity index (χ0v) is 18.2. The molecular formula is C20H27BrN2O3S. The maximum absolute atomic E-state index is 13.2. The van der Waals surface area contributed by atoms with Gasteiger partial charge in [-0.3, -0.25) is 4.79 Å². The SMILES string of the molecule is CC(C)NS(=O)(=O)c1ccc(NC(=O)C23C[C@@H]4C[C@H](CC(Br)(C4)C2)C3)cc1. The molecule has 0 radical (unpaired) electrons. The molecule has 4 bridgehead atoms. The van der Waals surface area contributed by atoms with E-state index in [1.165, 1.54) is 19.3 Å². The number of halogens is 1. The largest absolute Gasteiger partial charge is 0.326 e. The fourth-order valence-electron chi connectivity index (χ4n) is 5.78. The zero-order chi connectivity index (χ0) is 19.4. The molecule has 2 N–H and O–H groups in total. The third kappa shape index (κ3) is 3.70. The minimum absolute atomic E-state index is 0.0938. The fraction of sp³-hybridized carbons (Fsp3) is 0.650. The number of hydrogen-bond acceptors (Lipinski definition) is 3. The topological polar surface area (TPSA) is 75.3 Å². The normalized spacial score (nSPS) is 34.8. The Hall–Kier alpha value is -0.920. The Balaban J connectivity index is 1.49. The molecule has 1 aromatic rings. The van der Waals surface area contributed by atoms with Gasteiger partial charge in [-0.1, -0.05) is 15.9 Å². The summed E-state index contributed by atoms with van der Waals surface area (Å²) in [6, 6.07) is 6.29. The summed E-state index contributed by atoms with van der Waals surface area (Å²) < 4.78 is 27.2. The molecule has 0 aromatic heterocycles. The number of nitrogens with one attached hydrogen (secondary N) is 2. The summed E-state index contributed by atoms with van der Waals surface area (Å²) in [5.41, 5.74) is 0.375. The average molecular weight is 455 g/mol. The van der Waals surface area contributed by atoms with E-state index < -0.39 is 10.0 Å². The molecular weight excluding hydrogens is 428 g/mol. The first-order valence-corrected chi connectivity index (χ1v) is 12.0. The second kappa shape index (κ2) is 6.56. The second-order valence-electron chi connectivity index (χ2n) is 9.15. The number of anilines is 1. The quantitative estimate of drug-likeness (QED) is 0.658. The molecule has 0 saturated heterocycles. The number of sulfonamides is 1. The van der Waals surface area contributed by atoms with Gasteiger partial charge in [0.2, 0.25) is 15.9 Å². The van der Waals surface area contributed by atoms with Crippen molar-refractivity contribution in [1.82, 2.24) is 4.72 Å². The van der Waals surface area contributed by atoms with Crippen molar-refractivity contribution >= 4 is 37.5 Å². The number of amides is 1. The highest BCUT2D eigenvalue weighted by molar-refractivity contribution is 9.10. The summed E-state index contributed by atoms with van der Waals surface area (Å²) in [6.45, 7) is 3.57. The van der Waals surface area contributed by atoms with Gasteiger partial charge in [0.25, 0.3) is 0 Å². The van der Waals surface area contributed by atoms with Crippen molar-refractivity contribution in [1.29, 1.82) is 0 Å². The van der Waals surface area contributed by atoms with Gasteiger partial charge < -0.3 is 5.32 Å². The molecule has 0 spiro atoms. The molecule has 148 valence electrons. The Labute approximate surface area is 169 Å². The second-order valence-corrected chi connectivity index (χ2v) is 12.5. The molecule has 4 aliphatic rings. The Bertz CT molecular complexity index is 836. The molecule has 0 aliphatic heterocycles. The fourth-order valence-corrected chi connectivity index (χ4v) is 8.48. The van der Waals surface area contributed by atoms with Gasteiger partial charge in [-0.15, -0.1) is 0 Å². The number of rotatable bonds is 5. The minimum atomic E-state index is -3.52. The molecule has 4 saturated carbocycles. The van der Waals surface area contributed by atoms with E-state index in [2.05, 4.69) is 26.0 Å². The molecule has 1 aromatic carbocycles. The lowest BCUT2D eigenvalue weighted by atomic mass is 9.49. The number of alkyl halides is 1. The number of carbonyl (C=O) groups excluding carboxylic acids is 1. The molecule has 27 heavy (non-hydrogen) atoms. The monoisotopic (exact) mass is 454 g/mol. The van der Waals surface area contributed by atoms with E-state index in [1.54, 1.807) is 38.1 Å². The third-order valence-corrected chi connectivity index (χ3v) is 8.89. The Kier molecular flexibility index (Phi) is 4.71. The van der Waals surface area contributed by atoms with Crippen molar-refractivity contribution in [3.8, 4) is 0 Å². The van der Waals surface area contributed by atoms with Crippen molar-refractivity contribution in [2.75, 3.05) is 5.32 Å². The van der Waals surface area contributed by atoms with Gasteiger partial charge in [0.15, 0.2) is 0 Å². The van der Waals surface area contributed by atoms with Crippen LogP contribution in [0.5, 0.6) is 0 Å². The van der Waals surface area contributed by atoms with E-state index in [1.807, 2.05) is 0 Å². The summed E-state index contributed by atoms with van der Waals surface area (Å²) in [7, 11) is -3.52. The molecule has 7 heteroatoms. The molecule has 5 rings (SSSR count). The van der Waals surface area contributed by atoms with E-state index in [9.17, 15) is 13.2 Å². The highest BCUT2D eigenvalue weighted by Crippen LogP contribution is 2.64. The van der Waals surface area contributed by atoms with Crippen molar-refractivity contribution in [2.24, 2.45) is 17.3 Å². The lowest BCUT2D eigenvalue weighted by molar-refractivity contribution is -0.138. The Morgan fingerprint density at radius 3 is 2.22 bits per heavy atom. The molecule has 0 unspecified atom stereocenters. The van der Waals surface area contributed by atoms with Crippen molar-refractivity contribution < 1.29 is 13.2 Å². The first-order valence-electron chi connectivity index (χ1n) is 9.72. The first kappa shape index (κ1) is 19.4. The van der Waals surface area contributed by atoms with Crippen LogP contribution in [0.3, 0.4) is 0 Å². The average Bonchev–Trinajstić information content (AvgIpc) is 2.51. The molecule has 2 atom stereocenters. The van der Waals surface area contributed by atoms with Crippen LogP contribution >= 0.6 is 15.9 Å². The predicted molar refractivity (Wildman–Crippen MR) is 109 cm³/mol. The van der Waals surface area contributed by atoms with Gasteiger partial charge in [0, 0.05) is 16.1 Å². The van der Waals surface area contributed by atoms with E-state index in [-0.39, 0.29) is 26.6 Å². The van der Waals surface area contributed by atoms with E-state index >= 15 is 0 Å². The zero-order valence-electron chi connectivity index (χ0n) is 15.8. The Morgan fingerprint density at radius 1 is 1.11 bits per heavy atom. The smallest absolute Gasteiger partial charge is 0.240 e. The van der Waals surface area contributed by atoms with Crippen LogP contribution in [0.2, 0.25) is 0 Å². The standard InChI is InChI=1S/C20H27BrN2O3S/c1-13(2)23-27(25,26)17-5-3-16(4-6-17)22-18(24)19-8-14-7-15(9-19)11-20(21,10-14)12-19/h3-6,13-15,23H,7-12H2,1-2H3,(H,22,24)/t14-,15-,19?,20?/m0/s1. The minimum Gasteiger partial charge on any atom is -0.326 e. The van der Waals surface area contributed by atoms with Gasteiger partial charge in [0.1, 0.15) is 0 Å². The predicted octanol–water partition coefficient (Wildman–Crippen LogP) is 4.05. The van der Waals surface area contributed by atoms with Crippen LogP contribution in [0.4, 0.5) is 5.69 Å². The van der Waals surface area contributed by atoms with Gasteiger partial charge in [-0.2, -0.15) is 0 Å². The number of benzene rings is 1. The molecule has 4 aliphatic carbocycles. The molecule has 4 fully saturated rings. The maximum atomic E-state index is 13.2. The summed E-state index contributed by atoms with van der Waals surface area (Å²) in [5.74, 6) is 1.38. The van der Waals surface area contributed by atoms with Gasteiger partial charge in [-0.05, 0) is 88.5 Å². The molecule has 5 nitrogen and oxygen atoms in total. The van der Waals surface area contributed by atoms with Crippen LogP contribution in [0.15, 0.2) is 29.2 Å². The summed E-state index contributed by atoms with van der Waals surface area (Å²) in [6.07, 6.45) is 6.50. The van der Waals surface area contributed by atoms with Gasteiger partial charge >= 0.3 is 0 Å². The van der Waals surface area contributed by atoms with E-state index in [4.69, 9.17) is 0 Å². The Morgan fingerprint density at radius 2 is 1.70 bits per heavy atom. The van der Waals surface area contributed by atoms with Crippen molar-refractivity contribution in [3.63, 3.8) is 0 Å². The lowest BCUT2D eigenvalue weighted by Crippen LogP contribution is -2.57. The van der Waals surface area contributed by atoms with Crippen molar-refractivity contribution in [3.05, 3.63) is 24.3 Å². The lowest BCUT2D eigenvalue weighted by Gasteiger charge is -2.59. The van der Waals surface area contributed by atoms with Crippen LogP contribution in [0.1, 0.15) is 52.4 Å². The third-order valence-electron chi connectivity index (χ3n) is 6.28. The molecule has 1 amide bonds.